The summed E-state index contributed by atoms with van der Waals surface area (Å²) in [6.07, 6.45) is 1.56. The second-order valence-electron chi connectivity index (χ2n) is 8.58. The minimum absolute atomic E-state index is 0. The van der Waals surface area contributed by atoms with Gasteiger partial charge in [0.1, 0.15) is 0 Å². The van der Waals surface area contributed by atoms with Crippen LogP contribution < -0.4 is 14.8 Å². The van der Waals surface area contributed by atoms with Crippen molar-refractivity contribution in [2.45, 2.75) is 18.3 Å². The van der Waals surface area contributed by atoms with E-state index < -0.39 is 5.41 Å². The fourth-order valence-corrected chi connectivity index (χ4v) is 4.32. The summed E-state index contributed by atoms with van der Waals surface area (Å²) < 4.78 is 10.9. The van der Waals surface area contributed by atoms with Gasteiger partial charge in [0, 0.05) is 37.4 Å². The highest BCUT2D eigenvalue weighted by Crippen LogP contribution is 2.51. The molecule has 3 aromatic carbocycles. The van der Waals surface area contributed by atoms with E-state index in [4.69, 9.17) is 21.1 Å². The van der Waals surface area contributed by atoms with Gasteiger partial charge in [0.15, 0.2) is 11.5 Å². The van der Waals surface area contributed by atoms with Gasteiger partial charge in [0.2, 0.25) is 12.7 Å². The molecule has 6 nitrogen and oxygen atoms in total. The van der Waals surface area contributed by atoms with E-state index in [2.05, 4.69) is 5.32 Å². The highest BCUT2D eigenvalue weighted by atomic mass is 35.5. The van der Waals surface area contributed by atoms with Crippen LogP contribution in [0.15, 0.2) is 60.7 Å². The maximum Gasteiger partial charge on any atom is 0.253 e. The average molecular weight is 465 g/mol. The lowest BCUT2D eigenvalue weighted by Crippen LogP contribution is -2.27. The Morgan fingerprint density at radius 1 is 0.970 bits per heavy atom. The maximum atomic E-state index is 13.3. The molecule has 33 heavy (non-hydrogen) atoms. The first-order chi connectivity index (χ1) is 15.9. The minimum Gasteiger partial charge on any atom is -0.454 e. The van der Waals surface area contributed by atoms with Gasteiger partial charge in [-0.05, 0) is 66.4 Å². The van der Waals surface area contributed by atoms with Crippen LogP contribution >= 0.6 is 11.6 Å². The number of ether oxygens (including phenoxy) is 2. The number of halogens is 1. The summed E-state index contributed by atoms with van der Waals surface area (Å²) in [7, 11) is 3.44. The lowest BCUT2D eigenvalue weighted by molar-refractivity contribution is -0.118. The van der Waals surface area contributed by atoms with Crippen LogP contribution in [0.25, 0.3) is 11.1 Å². The maximum absolute atomic E-state index is 13.3. The number of benzene rings is 3. The molecule has 1 aliphatic heterocycles. The molecule has 2 amide bonds. The molecule has 1 heterocycles. The number of nitrogens with zero attached hydrogens (tertiary/aromatic N) is 1. The summed E-state index contributed by atoms with van der Waals surface area (Å²) in [6.45, 7) is 0.204. The Morgan fingerprint density at radius 2 is 1.70 bits per heavy atom. The van der Waals surface area contributed by atoms with E-state index in [1.807, 2.05) is 36.4 Å². The van der Waals surface area contributed by atoms with Crippen molar-refractivity contribution in [2.75, 3.05) is 26.2 Å². The van der Waals surface area contributed by atoms with E-state index >= 15 is 0 Å². The smallest absolute Gasteiger partial charge is 0.253 e. The van der Waals surface area contributed by atoms with Gasteiger partial charge in [-0.15, -0.1) is 0 Å². The van der Waals surface area contributed by atoms with Gasteiger partial charge in [-0.1, -0.05) is 29.8 Å². The predicted molar refractivity (Wildman–Crippen MR) is 129 cm³/mol. The van der Waals surface area contributed by atoms with Crippen molar-refractivity contribution in [3.63, 3.8) is 0 Å². The van der Waals surface area contributed by atoms with Gasteiger partial charge in [-0.3, -0.25) is 9.59 Å². The molecule has 0 spiro atoms. The SMILES string of the molecule is CN(C)C(=O)c1ccc(-c2cc(NC(=O)C3(c4ccc5c(c4)OCO5)CC3)ccc2Cl)cc1.[HH]. The molecule has 170 valence electrons. The molecule has 5 rings (SSSR count). The van der Waals surface area contributed by atoms with Crippen molar-refractivity contribution >= 4 is 29.1 Å². The molecule has 0 atom stereocenters. The van der Waals surface area contributed by atoms with E-state index in [9.17, 15) is 9.59 Å². The topological polar surface area (TPSA) is 67.9 Å². The molecule has 0 unspecified atom stereocenters. The largest absolute Gasteiger partial charge is 0.454 e. The average Bonchev–Trinajstić information content (AvgIpc) is 3.50. The van der Waals surface area contributed by atoms with E-state index in [0.29, 0.717) is 27.8 Å². The zero-order chi connectivity index (χ0) is 23.2. The third kappa shape index (κ3) is 3.91. The van der Waals surface area contributed by atoms with Crippen molar-refractivity contribution < 1.29 is 20.5 Å². The van der Waals surface area contributed by atoms with Crippen molar-refractivity contribution in [3.05, 3.63) is 76.8 Å². The van der Waals surface area contributed by atoms with Crippen LogP contribution in [0.3, 0.4) is 0 Å². The van der Waals surface area contributed by atoms with Crippen LogP contribution in [0.5, 0.6) is 11.5 Å². The first-order valence-corrected chi connectivity index (χ1v) is 11.1. The van der Waals surface area contributed by atoms with E-state index in [1.165, 1.54) is 4.90 Å². The Kier molecular flexibility index (Phi) is 5.25. The van der Waals surface area contributed by atoms with Gasteiger partial charge < -0.3 is 19.7 Å². The van der Waals surface area contributed by atoms with E-state index in [-0.39, 0.29) is 20.0 Å². The molecular weight excluding hydrogens is 440 g/mol. The zero-order valence-electron chi connectivity index (χ0n) is 18.4. The number of nitrogens with one attached hydrogen (secondary N) is 1. The fourth-order valence-electron chi connectivity index (χ4n) is 4.09. The number of hydrogen-bond donors (Lipinski definition) is 1. The number of amides is 2. The molecule has 2 aliphatic rings. The van der Waals surface area contributed by atoms with E-state index in [1.54, 1.807) is 38.4 Å². The summed E-state index contributed by atoms with van der Waals surface area (Å²) in [5, 5.41) is 3.63. The number of hydrogen-bond acceptors (Lipinski definition) is 4. The van der Waals surface area contributed by atoms with Gasteiger partial charge in [0.25, 0.3) is 5.91 Å². The monoisotopic (exact) mass is 464 g/mol. The fraction of sp³-hybridized carbons (Fsp3) is 0.231. The van der Waals surface area contributed by atoms with Crippen LogP contribution in [0.4, 0.5) is 5.69 Å². The minimum atomic E-state index is -0.561. The van der Waals surface area contributed by atoms with Gasteiger partial charge >= 0.3 is 0 Å². The first kappa shape index (κ1) is 21.3. The lowest BCUT2D eigenvalue weighted by Gasteiger charge is -2.17. The van der Waals surface area contributed by atoms with Crippen molar-refractivity contribution in [3.8, 4) is 22.6 Å². The van der Waals surface area contributed by atoms with Crippen LogP contribution in [-0.4, -0.2) is 37.6 Å². The Labute approximate surface area is 198 Å². The number of anilines is 1. The van der Waals surface area contributed by atoms with E-state index in [0.717, 1.165) is 29.5 Å². The lowest BCUT2D eigenvalue weighted by atomic mass is 9.94. The second-order valence-corrected chi connectivity index (χ2v) is 8.98. The third-order valence-electron chi connectivity index (χ3n) is 6.18. The standard InChI is InChI=1S/C26H23ClN2O4.H2/c1-29(2)24(30)17-5-3-16(4-6-17)20-14-19(8-9-21(20)27)28-25(31)26(11-12-26)18-7-10-22-23(13-18)33-15-32-22;/h3-10,13-14H,11-12,15H2,1-2H3,(H,28,31);1H. The number of carbonyl (C=O) groups excluding carboxylic acids is 2. The summed E-state index contributed by atoms with van der Waals surface area (Å²) >= 11 is 6.46. The molecule has 7 heteroatoms. The Hall–Kier alpha value is -3.51. The number of carbonyl (C=O) groups is 2. The Balaban J connectivity index is 0.00000274. The van der Waals surface area contributed by atoms with Gasteiger partial charge in [0.05, 0.1) is 5.41 Å². The van der Waals surface area contributed by atoms with Crippen LogP contribution in [0.1, 0.15) is 30.2 Å². The summed E-state index contributed by atoms with van der Waals surface area (Å²) in [4.78, 5) is 26.9. The van der Waals surface area contributed by atoms with Gasteiger partial charge in [-0.25, -0.2) is 0 Å². The third-order valence-corrected chi connectivity index (χ3v) is 6.51. The molecule has 0 radical (unpaired) electrons. The molecule has 0 bridgehead atoms. The van der Waals surface area contributed by atoms with Crippen LogP contribution in [0, 0.1) is 0 Å². The Morgan fingerprint density at radius 3 is 2.39 bits per heavy atom. The predicted octanol–water partition coefficient (Wildman–Crippen LogP) is 5.35. The van der Waals surface area contributed by atoms with Crippen LogP contribution in [0.2, 0.25) is 5.02 Å². The molecule has 0 aromatic heterocycles. The summed E-state index contributed by atoms with van der Waals surface area (Å²) in [5.74, 6) is 1.26. The summed E-state index contributed by atoms with van der Waals surface area (Å²) in [5.41, 5.74) is 3.28. The molecule has 1 fully saturated rings. The second kappa shape index (κ2) is 8.12. The molecule has 1 aliphatic carbocycles. The Bertz CT molecular complexity index is 1260. The quantitative estimate of drug-likeness (QED) is 0.552. The number of fused-ring (bicyclic) bond motifs is 1. The van der Waals surface area contributed by atoms with Crippen LogP contribution in [-0.2, 0) is 10.2 Å². The molecular formula is C26H25ClN2O4. The first-order valence-electron chi connectivity index (χ1n) is 10.7. The zero-order valence-corrected chi connectivity index (χ0v) is 19.1. The highest BCUT2D eigenvalue weighted by Gasteiger charge is 2.51. The molecule has 0 saturated heterocycles. The molecule has 1 saturated carbocycles. The number of rotatable bonds is 5. The summed E-state index contributed by atoms with van der Waals surface area (Å²) in [6, 6.07) is 18.4. The van der Waals surface area contributed by atoms with Crippen molar-refractivity contribution in [1.82, 2.24) is 4.90 Å². The van der Waals surface area contributed by atoms with Crippen molar-refractivity contribution in [2.24, 2.45) is 0 Å². The molecule has 3 aromatic rings. The normalized spacial score (nSPS) is 15.1. The van der Waals surface area contributed by atoms with Gasteiger partial charge in [-0.2, -0.15) is 0 Å². The molecule has 1 N–H and O–H groups in total. The highest BCUT2D eigenvalue weighted by molar-refractivity contribution is 6.33. The van der Waals surface area contributed by atoms with Crippen molar-refractivity contribution in [1.29, 1.82) is 0 Å².